The molecule has 118 valence electrons. The van der Waals surface area contributed by atoms with Crippen molar-refractivity contribution in [2.24, 2.45) is 0 Å². The zero-order valence-electron chi connectivity index (χ0n) is 12.1. The van der Waals surface area contributed by atoms with Crippen LogP contribution in [0.5, 0.6) is 0 Å². The van der Waals surface area contributed by atoms with E-state index in [4.69, 9.17) is 16.9 Å². The van der Waals surface area contributed by atoms with Crippen molar-refractivity contribution in [3.63, 3.8) is 0 Å². The van der Waals surface area contributed by atoms with Crippen LogP contribution in [0.15, 0.2) is 34.4 Å². The van der Waals surface area contributed by atoms with Crippen molar-refractivity contribution in [1.82, 2.24) is 4.57 Å². The molecule has 0 fully saturated rings. The van der Waals surface area contributed by atoms with E-state index in [1.807, 2.05) is 0 Å². The lowest BCUT2D eigenvalue weighted by molar-refractivity contribution is -0.140. The summed E-state index contributed by atoms with van der Waals surface area (Å²) in [6.07, 6.45) is 3.39. The fourth-order valence-corrected chi connectivity index (χ4v) is 2.86. The minimum atomic E-state index is -0.947. The van der Waals surface area contributed by atoms with Gasteiger partial charge in [0.2, 0.25) is 0 Å². The second kappa shape index (κ2) is 6.99. The molecular weight excluding hydrogens is 384 g/mol. The zero-order chi connectivity index (χ0) is 17.1. The van der Waals surface area contributed by atoms with Crippen LogP contribution in [0.1, 0.15) is 24.9 Å². The van der Waals surface area contributed by atoms with Crippen molar-refractivity contribution >= 4 is 55.7 Å². The van der Waals surface area contributed by atoms with Crippen molar-refractivity contribution < 1.29 is 14.7 Å². The third kappa shape index (κ3) is 3.46. The Bertz CT molecular complexity index is 864. The van der Waals surface area contributed by atoms with Crippen molar-refractivity contribution in [1.29, 1.82) is 5.26 Å². The number of nitriles is 1. The topological polar surface area (TPSA) is 83.1 Å². The molecule has 2 rings (SSSR count). The third-order valence-electron chi connectivity index (χ3n) is 3.47. The van der Waals surface area contributed by atoms with Crippen LogP contribution in [-0.2, 0) is 9.59 Å². The van der Waals surface area contributed by atoms with Crippen LogP contribution in [0.2, 0.25) is 0 Å². The summed E-state index contributed by atoms with van der Waals surface area (Å²) < 4.78 is 2.43. The first-order valence-corrected chi connectivity index (χ1v) is 7.90. The summed E-state index contributed by atoms with van der Waals surface area (Å²) in [7, 11) is 0. The standard InChI is InChI=1S/C16H12BrClN2O3/c1-2-13(16(22)23)20-8-10(5-9(7-19)15(18)21)12-6-11(17)3-4-14(12)20/h3-6,8,13H,2H2,1H3,(H,22,23)/b9-5+. The Balaban J connectivity index is 2.76. The van der Waals surface area contributed by atoms with Gasteiger partial charge in [-0.25, -0.2) is 4.79 Å². The quantitative estimate of drug-likeness (QED) is 0.469. The average molecular weight is 396 g/mol. The lowest BCUT2D eigenvalue weighted by Gasteiger charge is -2.13. The average Bonchev–Trinajstić information content (AvgIpc) is 2.82. The van der Waals surface area contributed by atoms with Crippen molar-refractivity contribution in [2.75, 3.05) is 0 Å². The van der Waals surface area contributed by atoms with Crippen molar-refractivity contribution in [3.8, 4) is 6.07 Å². The summed E-state index contributed by atoms with van der Waals surface area (Å²) in [5.74, 6) is -0.947. The van der Waals surface area contributed by atoms with Crippen LogP contribution in [0.4, 0.5) is 0 Å². The molecule has 1 heterocycles. The third-order valence-corrected chi connectivity index (χ3v) is 4.16. The molecular formula is C16H12BrClN2O3. The second-order valence-corrected chi connectivity index (χ2v) is 6.12. The maximum Gasteiger partial charge on any atom is 0.326 e. The van der Waals surface area contributed by atoms with E-state index in [9.17, 15) is 14.7 Å². The van der Waals surface area contributed by atoms with Gasteiger partial charge < -0.3 is 9.67 Å². The predicted molar refractivity (Wildman–Crippen MR) is 91.1 cm³/mol. The summed E-state index contributed by atoms with van der Waals surface area (Å²) in [5, 5.41) is 18.3. The number of rotatable bonds is 5. The van der Waals surface area contributed by atoms with Gasteiger partial charge in [0.15, 0.2) is 0 Å². The molecule has 0 saturated heterocycles. The Hall–Kier alpha value is -2.10. The number of carboxylic acids is 1. The second-order valence-electron chi connectivity index (χ2n) is 4.86. The molecule has 0 bridgehead atoms. The number of allylic oxidation sites excluding steroid dienone is 1. The number of benzene rings is 1. The first kappa shape index (κ1) is 17.3. The number of aliphatic carboxylic acids is 1. The van der Waals surface area contributed by atoms with E-state index in [1.165, 1.54) is 6.08 Å². The highest BCUT2D eigenvalue weighted by Crippen LogP contribution is 2.30. The van der Waals surface area contributed by atoms with Gasteiger partial charge in [-0.3, -0.25) is 4.79 Å². The highest BCUT2D eigenvalue weighted by molar-refractivity contribution is 9.10. The summed E-state index contributed by atoms with van der Waals surface area (Å²) >= 11 is 8.75. The first-order valence-electron chi connectivity index (χ1n) is 6.73. The van der Waals surface area contributed by atoms with Crippen LogP contribution in [-0.4, -0.2) is 20.9 Å². The first-order chi connectivity index (χ1) is 10.9. The van der Waals surface area contributed by atoms with Crippen LogP contribution < -0.4 is 0 Å². The Morgan fingerprint density at radius 1 is 1.52 bits per heavy atom. The Kier molecular flexibility index (Phi) is 5.24. The monoisotopic (exact) mass is 394 g/mol. The van der Waals surface area contributed by atoms with Gasteiger partial charge in [-0.2, -0.15) is 5.26 Å². The molecule has 1 aromatic heterocycles. The number of carbonyl (C=O) groups is 2. The predicted octanol–water partition coefficient (Wildman–Crippen LogP) is 4.11. The Morgan fingerprint density at radius 3 is 2.74 bits per heavy atom. The van der Waals surface area contributed by atoms with E-state index in [-0.39, 0.29) is 5.57 Å². The molecule has 23 heavy (non-hydrogen) atoms. The van der Waals surface area contributed by atoms with Crippen LogP contribution in [0.25, 0.3) is 17.0 Å². The van der Waals surface area contributed by atoms with Gasteiger partial charge >= 0.3 is 5.97 Å². The summed E-state index contributed by atoms with van der Waals surface area (Å²) in [6.45, 7) is 1.78. The van der Waals surface area contributed by atoms with Crippen LogP contribution in [0.3, 0.4) is 0 Å². The molecule has 5 nitrogen and oxygen atoms in total. The van der Waals surface area contributed by atoms with Crippen molar-refractivity contribution in [2.45, 2.75) is 19.4 Å². The van der Waals surface area contributed by atoms with Crippen molar-refractivity contribution in [3.05, 3.63) is 40.0 Å². The minimum absolute atomic E-state index is 0.200. The molecule has 2 aromatic rings. The molecule has 1 atom stereocenters. The number of nitrogens with zero attached hydrogens (tertiary/aromatic N) is 2. The van der Waals surface area contributed by atoms with E-state index in [0.717, 1.165) is 9.86 Å². The number of carbonyl (C=O) groups excluding carboxylic acids is 1. The van der Waals surface area contributed by atoms with Gasteiger partial charge in [-0.05, 0) is 42.3 Å². The molecule has 0 aliphatic carbocycles. The molecule has 0 radical (unpaired) electrons. The lowest BCUT2D eigenvalue weighted by Crippen LogP contribution is -2.17. The summed E-state index contributed by atoms with van der Waals surface area (Å²) in [5.41, 5.74) is 1.06. The van der Waals surface area contributed by atoms with Crippen LogP contribution >= 0.6 is 27.5 Å². The fraction of sp³-hybridized carbons (Fsp3) is 0.188. The molecule has 0 aliphatic heterocycles. The van der Waals surface area contributed by atoms with E-state index in [1.54, 1.807) is 42.0 Å². The van der Waals surface area contributed by atoms with E-state index in [2.05, 4.69) is 15.9 Å². The molecule has 0 amide bonds. The van der Waals surface area contributed by atoms with Gasteiger partial charge in [0.1, 0.15) is 17.7 Å². The maximum absolute atomic E-state index is 11.5. The fourth-order valence-electron chi connectivity index (χ4n) is 2.41. The number of aromatic nitrogens is 1. The molecule has 0 saturated carbocycles. The highest BCUT2D eigenvalue weighted by Gasteiger charge is 2.21. The number of halogens is 2. The molecule has 7 heteroatoms. The largest absolute Gasteiger partial charge is 0.480 e. The van der Waals surface area contributed by atoms with Gasteiger partial charge in [0.25, 0.3) is 5.24 Å². The van der Waals surface area contributed by atoms with Crippen LogP contribution in [0, 0.1) is 11.3 Å². The molecule has 1 N–H and O–H groups in total. The van der Waals surface area contributed by atoms with Gasteiger partial charge in [-0.1, -0.05) is 22.9 Å². The van der Waals surface area contributed by atoms with Gasteiger partial charge in [-0.15, -0.1) is 0 Å². The smallest absolute Gasteiger partial charge is 0.326 e. The highest BCUT2D eigenvalue weighted by atomic mass is 79.9. The molecule has 1 aromatic carbocycles. The summed E-state index contributed by atoms with van der Waals surface area (Å²) in [4.78, 5) is 22.7. The summed E-state index contributed by atoms with van der Waals surface area (Å²) in [6, 6.07) is 6.41. The normalized spacial score (nSPS) is 12.9. The van der Waals surface area contributed by atoms with E-state index < -0.39 is 17.3 Å². The number of fused-ring (bicyclic) bond motifs is 1. The van der Waals surface area contributed by atoms with E-state index >= 15 is 0 Å². The molecule has 0 spiro atoms. The molecule has 1 unspecified atom stereocenters. The number of carboxylic acid groups (broad SMARTS) is 1. The molecule has 0 aliphatic rings. The Labute approximate surface area is 145 Å². The van der Waals surface area contributed by atoms with E-state index in [0.29, 0.717) is 17.5 Å². The number of hydrogen-bond acceptors (Lipinski definition) is 3. The minimum Gasteiger partial charge on any atom is -0.480 e. The zero-order valence-corrected chi connectivity index (χ0v) is 14.4. The van der Waals surface area contributed by atoms with Gasteiger partial charge in [0, 0.05) is 27.1 Å². The van der Waals surface area contributed by atoms with Gasteiger partial charge in [0.05, 0.1) is 0 Å². The lowest BCUT2D eigenvalue weighted by atomic mass is 10.1. The SMILES string of the molecule is CCC(C(=O)O)n1cc(/C=C(\C#N)C(=O)Cl)c2cc(Br)ccc21. The maximum atomic E-state index is 11.5. The number of hydrogen-bond donors (Lipinski definition) is 1. The Morgan fingerprint density at radius 2 is 2.22 bits per heavy atom.